The van der Waals surface area contributed by atoms with Gasteiger partial charge in [-0.05, 0) is 17.7 Å². The van der Waals surface area contributed by atoms with Gasteiger partial charge in [0.2, 0.25) is 0 Å². The summed E-state index contributed by atoms with van der Waals surface area (Å²) < 4.78 is 0. The van der Waals surface area contributed by atoms with Crippen molar-refractivity contribution >= 4 is 28.6 Å². The lowest BCUT2D eigenvalue weighted by atomic mass is 10.1. The average Bonchev–Trinajstić information content (AvgIpc) is 2.17. The van der Waals surface area contributed by atoms with Crippen LogP contribution in [0.25, 0.3) is 17.0 Å². The molecular formula is C10H7ClN2. The van der Waals surface area contributed by atoms with Gasteiger partial charge in [-0.1, -0.05) is 24.3 Å². The highest BCUT2D eigenvalue weighted by atomic mass is 35.5. The summed E-state index contributed by atoms with van der Waals surface area (Å²) in [4.78, 5) is 8.03. The van der Waals surface area contributed by atoms with Crippen LogP contribution in [0, 0.1) is 0 Å². The Bertz CT molecular complexity index is 465. The third-order valence-electron chi connectivity index (χ3n) is 1.84. The quantitative estimate of drug-likeness (QED) is 0.691. The third kappa shape index (κ3) is 1.40. The zero-order chi connectivity index (χ0) is 9.26. The summed E-state index contributed by atoms with van der Waals surface area (Å²) in [5.74, 6) is 0. The Morgan fingerprint density at radius 2 is 2.23 bits per heavy atom. The van der Waals surface area contributed by atoms with Gasteiger partial charge in [-0.15, -0.1) is 0 Å². The predicted octanol–water partition coefficient (Wildman–Crippen LogP) is 2.93. The Labute approximate surface area is 80.9 Å². The van der Waals surface area contributed by atoms with Gasteiger partial charge in [0, 0.05) is 16.6 Å². The standard InChI is InChI=1S/C10H7ClN2/c1-2-7-4-10-8(3-9(7)11)5-12-6-13-10/h2-6H,1H2. The molecule has 13 heavy (non-hydrogen) atoms. The largest absolute Gasteiger partial charge is 0.244 e. The Balaban J connectivity index is 2.81. The van der Waals surface area contributed by atoms with Crippen LogP contribution in [-0.4, -0.2) is 9.97 Å². The van der Waals surface area contributed by atoms with E-state index in [1.54, 1.807) is 12.3 Å². The molecule has 2 aromatic rings. The topological polar surface area (TPSA) is 25.8 Å². The van der Waals surface area contributed by atoms with E-state index in [1.807, 2.05) is 12.1 Å². The van der Waals surface area contributed by atoms with Crippen LogP contribution in [0.4, 0.5) is 0 Å². The van der Waals surface area contributed by atoms with Crippen molar-refractivity contribution in [1.82, 2.24) is 9.97 Å². The molecule has 0 aliphatic carbocycles. The summed E-state index contributed by atoms with van der Waals surface area (Å²) in [5, 5.41) is 1.62. The van der Waals surface area contributed by atoms with Crippen molar-refractivity contribution in [2.75, 3.05) is 0 Å². The average molecular weight is 191 g/mol. The molecule has 0 spiro atoms. The second-order valence-corrected chi connectivity index (χ2v) is 3.07. The van der Waals surface area contributed by atoms with Gasteiger partial charge in [0.1, 0.15) is 6.33 Å². The molecule has 64 valence electrons. The van der Waals surface area contributed by atoms with Crippen molar-refractivity contribution in [2.45, 2.75) is 0 Å². The van der Waals surface area contributed by atoms with Crippen LogP contribution in [0.1, 0.15) is 5.56 Å². The summed E-state index contributed by atoms with van der Waals surface area (Å²) >= 11 is 5.98. The van der Waals surface area contributed by atoms with Crippen LogP contribution < -0.4 is 0 Å². The molecule has 1 heterocycles. The lowest BCUT2D eigenvalue weighted by Crippen LogP contribution is -1.83. The zero-order valence-electron chi connectivity index (χ0n) is 6.87. The van der Waals surface area contributed by atoms with Gasteiger partial charge in [-0.25, -0.2) is 9.97 Å². The number of hydrogen-bond donors (Lipinski definition) is 0. The number of hydrogen-bond acceptors (Lipinski definition) is 2. The zero-order valence-corrected chi connectivity index (χ0v) is 7.62. The second kappa shape index (κ2) is 3.15. The van der Waals surface area contributed by atoms with E-state index in [1.165, 1.54) is 6.33 Å². The molecule has 0 amide bonds. The molecule has 0 N–H and O–H groups in total. The van der Waals surface area contributed by atoms with Crippen LogP contribution in [0.2, 0.25) is 5.02 Å². The van der Waals surface area contributed by atoms with Gasteiger partial charge in [0.25, 0.3) is 0 Å². The molecule has 0 radical (unpaired) electrons. The van der Waals surface area contributed by atoms with Crippen molar-refractivity contribution < 1.29 is 0 Å². The molecule has 2 nitrogen and oxygen atoms in total. The minimum absolute atomic E-state index is 0.678. The van der Waals surface area contributed by atoms with Crippen molar-refractivity contribution in [3.8, 4) is 0 Å². The minimum atomic E-state index is 0.678. The highest BCUT2D eigenvalue weighted by Crippen LogP contribution is 2.22. The van der Waals surface area contributed by atoms with Gasteiger partial charge >= 0.3 is 0 Å². The van der Waals surface area contributed by atoms with E-state index in [4.69, 9.17) is 11.6 Å². The summed E-state index contributed by atoms with van der Waals surface area (Å²) in [6.07, 6.45) is 4.97. The molecule has 0 atom stereocenters. The Morgan fingerprint density at radius 3 is 3.00 bits per heavy atom. The summed E-state index contributed by atoms with van der Waals surface area (Å²) in [5.41, 5.74) is 1.78. The molecule has 1 aromatic carbocycles. The number of halogens is 1. The molecule has 0 aliphatic rings. The first-order valence-electron chi connectivity index (χ1n) is 3.83. The molecule has 1 aromatic heterocycles. The summed E-state index contributed by atoms with van der Waals surface area (Å²) in [7, 11) is 0. The molecule has 3 heteroatoms. The lowest BCUT2D eigenvalue weighted by molar-refractivity contribution is 1.22. The van der Waals surface area contributed by atoms with Crippen molar-refractivity contribution in [3.05, 3.63) is 41.8 Å². The Kier molecular flexibility index (Phi) is 1.99. The molecule has 0 bridgehead atoms. The van der Waals surface area contributed by atoms with E-state index in [-0.39, 0.29) is 0 Å². The fourth-order valence-electron chi connectivity index (χ4n) is 1.17. The van der Waals surface area contributed by atoms with E-state index in [2.05, 4.69) is 16.5 Å². The van der Waals surface area contributed by atoms with Crippen LogP contribution in [-0.2, 0) is 0 Å². The first-order chi connectivity index (χ1) is 6.31. The number of benzene rings is 1. The SMILES string of the molecule is C=Cc1cc2ncncc2cc1Cl. The van der Waals surface area contributed by atoms with E-state index in [0.29, 0.717) is 5.02 Å². The minimum Gasteiger partial charge on any atom is -0.244 e. The van der Waals surface area contributed by atoms with E-state index >= 15 is 0 Å². The van der Waals surface area contributed by atoms with Crippen LogP contribution in [0.5, 0.6) is 0 Å². The first-order valence-corrected chi connectivity index (χ1v) is 4.21. The Hall–Kier alpha value is -1.41. The number of rotatable bonds is 1. The molecule has 0 unspecified atom stereocenters. The van der Waals surface area contributed by atoms with Gasteiger partial charge in [-0.3, -0.25) is 0 Å². The van der Waals surface area contributed by atoms with E-state index in [0.717, 1.165) is 16.5 Å². The molecule has 2 rings (SSSR count). The molecular weight excluding hydrogens is 184 g/mol. The fraction of sp³-hybridized carbons (Fsp3) is 0. The van der Waals surface area contributed by atoms with Gasteiger partial charge in [-0.2, -0.15) is 0 Å². The number of aromatic nitrogens is 2. The molecule has 0 saturated heterocycles. The monoisotopic (exact) mass is 190 g/mol. The van der Waals surface area contributed by atoms with E-state index in [9.17, 15) is 0 Å². The van der Waals surface area contributed by atoms with Crippen molar-refractivity contribution in [2.24, 2.45) is 0 Å². The normalized spacial score (nSPS) is 10.2. The van der Waals surface area contributed by atoms with Crippen LogP contribution in [0.3, 0.4) is 0 Å². The van der Waals surface area contributed by atoms with Gasteiger partial charge in [0.15, 0.2) is 0 Å². The fourth-order valence-corrected chi connectivity index (χ4v) is 1.42. The molecule has 0 aliphatic heterocycles. The second-order valence-electron chi connectivity index (χ2n) is 2.66. The van der Waals surface area contributed by atoms with Gasteiger partial charge in [0.05, 0.1) is 5.52 Å². The lowest BCUT2D eigenvalue weighted by Gasteiger charge is -2.00. The van der Waals surface area contributed by atoms with Crippen LogP contribution in [0.15, 0.2) is 31.2 Å². The Morgan fingerprint density at radius 1 is 1.38 bits per heavy atom. The summed E-state index contributed by atoms with van der Waals surface area (Å²) in [6.45, 7) is 3.67. The first kappa shape index (κ1) is 8.20. The maximum absolute atomic E-state index is 5.98. The van der Waals surface area contributed by atoms with Crippen LogP contribution >= 0.6 is 11.6 Å². The highest BCUT2D eigenvalue weighted by molar-refractivity contribution is 6.32. The smallest absolute Gasteiger partial charge is 0.116 e. The predicted molar refractivity (Wildman–Crippen MR) is 54.6 cm³/mol. The third-order valence-corrected chi connectivity index (χ3v) is 2.17. The van der Waals surface area contributed by atoms with E-state index < -0.39 is 0 Å². The highest BCUT2D eigenvalue weighted by Gasteiger charge is 2.00. The van der Waals surface area contributed by atoms with Crippen molar-refractivity contribution in [3.63, 3.8) is 0 Å². The number of fused-ring (bicyclic) bond motifs is 1. The van der Waals surface area contributed by atoms with Crippen molar-refractivity contribution in [1.29, 1.82) is 0 Å². The molecule has 0 saturated carbocycles. The summed E-state index contributed by atoms with van der Waals surface area (Å²) in [6, 6.07) is 3.74. The molecule has 0 fully saturated rings. The van der Waals surface area contributed by atoms with Gasteiger partial charge < -0.3 is 0 Å². The maximum atomic E-state index is 5.98. The number of nitrogens with zero attached hydrogens (tertiary/aromatic N) is 2. The maximum Gasteiger partial charge on any atom is 0.116 e.